The van der Waals surface area contributed by atoms with Crippen molar-refractivity contribution >= 4 is 11.8 Å². The highest BCUT2D eigenvalue weighted by Crippen LogP contribution is 2.31. The van der Waals surface area contributed by atoms with Gasteiger partial charge in [0.25, 0.3) is 0 Å². The molecule has 3 heteroatoms. The topological polar surface area (TPSA) is 25.2 Å². The molecule has 1 N–H and O–H groups in total. The van der Waals surface area contributed by atoms with E-state index in [4.69, 9.17) is 4.42 Å². The van der Waals surface area contributed by atoms with Crippen molar-refractivity contribution < 1.29 is 4.42 Å². The molecule has 90 valence electrons. The quantitative estimate of drug-likeness (QED) is 0.850. The van der Waals surface area contributed by atoms with Gasteiger partial charge in [-0.2, -0.15) is 11.8 Å². The Bertz CT molecular complexity index is 299. The molecule has 0 amide bonds. The van der Waals surface area contributed by atoms with E-state index in [1.54, 1.807) is 6.26 Å². The first-order valence-electron chi connectivity index (χ1n) is 6.19. The molecule has 0 saturated heterocycles. The van der Waals surface area contributed by atoms with Gasteiger partial charge in [-0.05, 0) is 38.0 Å². The highest BCUT2D eigenvalue weighted by Gasteiger charge is 2.25. The fourth-order valence-corrected chi connectivity index (χ4v) is 3.59. The Morgan fingerprint density at radius 1 is 1.56 bits per heavy atom. The van der Waals surface area contributed by atoms with Crippen LogP contribution in [0.15, 0.2) is 23.0 Å². The van der Waals surface area contributed by atoms with Crippen LogP contribution in [-0.4, -0.2) is 17.0 Å². The summed E-state index contributed by atoms with van der Waals surface area (Å²) in [5.74, 6) is 1.24. The van der Waals surface area contributed by atoms with E-state index in [9.17, 15) is 0 Å². The molecule has 1 aliphatic rings. The third-order valence-corrected chi connectivity index (χ3v) is 4.55. The van der Waals surface area contributed by atoms with Crippen LogP contribution in [0.1, 0.15) is 44.7 Å². The van der Waals surface area contributed by atoms with Crippen molar-refractivity contribution in [3.05, 3.63) is 24.2 Å². The van der Waals surface area contributed by atoms with Gasteiger partial charge >= 0.3 is 0 Å². The Morgan fingerprint density at radius 2 is 2.44 bits per heavy atom. The summed E-state index contributed by atoms with van der Waals surface area (Å²) in [7, 11) is 0. The second-order valence-electron chi connectivity index (χ2n) is 4.53. The van der Waals surface area contributed by atoms with Gasteiger partial charge < -0.3 is 9.73 Å². The maximum Gasteiger partial charge on any atom is 0.0950 e. The fourth-order valence-electron chi connectivity index (χ4n) is 2.45. The molecule has 1 saturated carbocycles. The van der Waals surface area contributed by atoms with Crippen LogP contribution in [0, 0.1) is 0 Å². The van der Waals surface area contributed by atoms with Crippen LogP contribution in [0.4, 0.5) is 0 Å². The lowest BCUT2D eigenvalue weighted by Gasteiger charge is -2.18. The van der Waals surface area contributed by atoms with E-state index >= 15 is 0 Å². The van der Waals surface area contributed by atoms with E-state index < -0.39 is 0 Å². The zero-order valence-corrected chi connectivity index (χ0v) is 10.9. The van der Waals surface area contributed by atoms with Gasteiger partial charge in [-0.25, -0.2) is 0 Å². The number of nitrogens with one attached hydrogen (secondary N) is 1. The van der Waals surface area contributed by atoms with E-state index in [0.717, 1.165) is 5.25 Å². The van der Waals surface area contributed by atoms with Crippen LogP contribution >= 0.6 is 11.8 Å². The van der Waals surface area contributed by atoms with Crippen molar-refractivity contribution in [3.63, 3.8) is 0 Å². The minimum Gasteiger partial charge on any atom is -0.472 e. The average Bonchev–Trinajstić information content (AvgIpc) is 2.89. The predicted octanol–water partition coefficient (Wildman–Crippen LogP) is 3.60. The van der Waals surface area contributed by atoms with Crippen LogP contribution < -0.4 is 5.32 Å². The number of hydrogen-bond donors (Lipinski definition) is 1. The lowest BCUT2D eigenvalue weighted by atomic mass is 10.1. The SMILES string of the molecule is CCSC1CCC(NC(C)c2ccoc2)C1. The van der Waals surface area contributed by atoms with Crippen LogP contribution in [0.2, 0.25) is 0 Å². The summed E-state index contributed by atoms with van der Waals surface area (Å²) >= 11 is 2.11. The molecule has 0 bridgehead atoms. The third kappa shape index (κ3) is 3.05. The molecule has 1 fully saturated rings. The standard InChI is InChI=1S/C13H21NOS/c1-3-16-13-5-4-12(8-13)14-10(2)11-6-7-15-9-11/h6-7,9-10,12-14H,3-5,8H2,1-2H3. The zero-order valence-electron chi connectivity index (χ0n) is 10.1. The van der Waals surface area contributed by atoms with E-state index in [1.807, 2.05) is 12.3 Å². The highest BCUT2D eigenvalue weighted by molar-refractivity contribution is 7.99. The maximum absolute atomic E-state index is 5.12. The van der Waals surface area contributed by atoms with Crippen LogP contribution in [-0.2, 0) is 0 Å². The molecule has 0 radical (unpaired) electrons. The molecule has 1 heterocycles. The first-order chi connectivity index (χ1) is 7.79. The molecular weight excluding hydrogens is 218 g/mol. The van der Waals surface area contributed by atoms with Crippen LogP contribution in [0.3, 0.4) is 0 Å². The van der Waals surface area contributed by atoms with Crippen molar-refractivity contribution in [1.82, 2.24) is 5.32 Å². The van der Waals surface area contributed by atoms with Gasteiger partial charge in [0, 0.05) is 22.9 Å². The monoisotopic (exact) mass is 239 g/mol. The van der Waals surface area contributed by atoms with E-state index in [1.165, 1.54) is 30.6 Å². The van der Waals surface area contributed by atoms with Gasteiger partial charge in [-0.15, -0.1) is 0 Å². The van der Waals surface area contributed by atoms with Gasteiger partial charge in [-0.1, -0.05) is 6.92 Å². The minimum atomic E-state index is 0.411. The molecule has 2 nitrogen and oxygen atoms in total. The van der Waals surface area contributed by atoms with Crippen molar-refractivity contribution in [2.24, 2.45) is 0 Å². The van der Waals surface area contributed by atoms with Gasteiger partial charge in [0.15, 0.2) is 0 Å². The summed E-state index contributed by atoms with van der Waals surface area (Å²) < 4.78 is 5.12. The van der Waals surface area contributed by atoms with Gasteiger partial charge in [0.05, 0.1) is 12.5 Å². The van der Waals surface area contributed by atoms with E-state index in [2.05, 4.69) is 30.9 Å². The van der Waals surface area contributed by atoms with Gasteiger partial charge in [0.1, 0.15) is 0 Å². The molecule has 16 heavy (non-hydrogen) atoms. The summed E-state index contributed by atoms with van der Waals surface area (Å²) in [5, 5.41) is 4.57. The number of thioether (sulfide) groups is 1. The Labute approximate surface area is 102 Å². The maximum atomic E-state index is 5.12. The number of hydrogen-bond acceptors (Lipinski definition) is 3. The third-order valence-electron chi connectivity index (χ3n) is 3.32. The van der Waals surface area contributed by atoms with E-state index in [0.29, 0.717) is 12.1 Å². The molecule has 3 unspecified atom stereocenters. The Balaban J connectivity index is 1.78. The largest absolute Gasteiger partial charge is 0.472 e. The molecule has 1 aliphatic carbocycles. The van der Waals surface area contributed by atoms with E-state index in [-0.39, 0.29) is 0 Å². The van der Waals surface area contributed by atoms with Crippen LogP contribution in [0.25, 0.3) is 0 Å². The predicted molar refractivity (Wildman–Crippen MR) is 69.8 cm³/mol. The van der Waals surface area contributed by atoms with Crippen molar-refractivity contribution in [1.29, 1.82) is 0 Å². The summed E-state index contributed by atoms with van der Waals surface area (Å²) in [5.41, 5.74) is 1.26. The zero-order chi connectivity index (χ0) is 11.4. The van der Waals surface area contributed by atoms with Crippen molar-refractivity contribution in [2.75, 3.05) is 5.75 Å². The molecule has 0 aliphatic heterocycles. The smallest absolute Gasteiger partial charge is 0.0950 e. The molecular formula is C13H21NOS. The average molecular weight is 239 g/mol. The van der Waals surface area contributed by atoms with Gasteiger partial charge in [-0.3, -0.25) is 0 Å². The Kier molecular flexibility index (Phi) is 4.36. The molecule has 1 aromatic heterocycles. The molecule has 0 aromatic carbocycles. The summed E-state index contributed by atoms with van der Waals surface area (Å²) in [6.45, 7) is 4.46. The Morgan fingerprint density at radius 3 is 3.12 bits per heavy atom. The van der Waals surface area contributed by atoms with Crippen molar-refractivity contribution in [2.45, 2.75) is 50.4 Å². The molecule has 0 spiro atoms. The minimum absolute atomic E-state index is 0.411. The first-order valence-corrected chi connectivity index (χ1v) is 7.24. The van der Waals surface area contributed by atoms with Gasteiger partial charge in [0.2, 0.25) is 0 Å². The Hall–Kier alpha value is -0.410. The number of furan rings is 1. The first kappa shape index (κ1) is 12.1. The molecule has 1 aromatic rings. The molecule has 3 atom stereocenters. The normalized spacial score (nSPS) is 27.1. The summed E-state index contributed by atoms with van der Waals surface area (Å²) in [6.07, 6.45) is 7.59. The summed E-state index contributed by atoms with van der Waals surface area (Å²) in [6, 6.07) is 3.15. The summed E-state index contributed by atoms with van der Waals surface area (Å²) in [4.78, 5) is 0. The lowest BCUT2D eigenvalue weighted by Crippen LogP contribution is -2.29. The second kappa shape index (κ2) is 5.78. The van der Waals surface area contributed by atoms with Crippen molar-refractivity contribution in [3.8, 4) is 0 Å². The lowest BCUT2D eigenvalue weighted by molar-refractivity contribution is 0.457. The number of rotatable bonds is 5. The fraction of sp³-hybridized carbons (Fsp3) is 0.692. The van der Waals surface area contributed by atoms with Crippen LogP contribution in [0.5, 0.6) is 0 Å². The second-order valence-corrected chi connectivity index (χ2v) is 6.11. The highest BCUT2D eigenvalue weighted by atomic mass is 32.2. The molecule has 2 rings (SSSR count).